The average Bonchev–Trinajstić information content (AvgIpc) is 3.06. The number of fused-ring (bicyclic) bond motifs is 4. The van der Waals surface area contributed by atoms with Crippen molar-refractivity contribution in [1.29, 1.82) is 0 Å². The summed E-state index contributed by atoms with van der Waals surface area (Å²) < 4.78 is 0. The predicted octanol–water partition coefficient (Wildman–Crippen LogP) is 4.98. The monoisotopic (exact) mass is 343 g/mol. The molecule has 0 bridgehead atoms. The minimum atomic E-state index is 0.222. The highest BCUT2D eigenvalue weighted by atomic mass is 16.2. The van der Waals surface area contributed by atoms with E-state index in [9.17, 15) is 4.79 Å². The van der Waals surface area contributed by atoms with Crippen LogP contribution in [0.3, 0.4) is 0 Å². The Hall–Kier alpha value is -2.35. The Labute approximate surface area is 155 Å². The number of benzene rings is 2. The minimum Gasteiger partial charge on any atom is -0.335 e. The van der Waals surface area contributed by atoms with Gasteiger partial charge in [-0.3, -0.25) is 4.79 Å². The molecule has 0 spiro atoms. The second kappa shape index (κ2) is 6.12. The molecular weight excluding hydrogens is 318 g/mol. The Bertz CT molecular complexity index is 910. The molecule has 2 aromatic carbocycles. The normalized spacial score (nSPS) is 23.7. The first-order chi connectivity index (χ1) is 12.7. The lowest BCUT2D eigenvalue weighted by Gasteiger charge is -2.45. The van der Waals surface area contributed by atoms with Gasteiger partial charge in [0.25, 0.3) is 5.91 Å². The zero-order valence-corrected chi connectivity index (χ0v) is 15.4. The van der Waals surface area contributed by atoms with Crippen LogP contribution in [0.25, 0.3) is 6.08 Å². The van der Waals surface area contributed by atoms with Gasteiger partial charge in [-0.2, -0.15) is 0 Å². The number of piperidine rings is 1. The Morgan fingerprint density at radius 2 is 1.96 bits per heavy atom. The number of amides is 1. The molecule has 0 saturated carbocycles. The molecule has 1 saturated heterocycles. The van der Waals surface area contributed by atoms with Gasteiger partial charge in [-0.05, 0) is 73.4 Å². The van der Waals surface area contributed by atoms with Crippen LogP contribution in [0.15, 0.2) is 48.0 Å². The van der Waals surface area contributed by atoms with Crippen LogP contribution >= 0.6 is 0 Å². The van der Waals surface area contributed by atoms with E-state index >= 15 is 0 Å². The van der Waals surface area contributed by atoms with Gasteiger partial charge in [0.05, 0.1) is 0 Å². The van der Waals surface area contributed by atoms with E-state index in [1.807, 2.05) is 6.07 Å². The molecule has 2 nitrogen and oxygen atoms in total. The molecule has 26 heavy (non-hydrogen) atoms. The molecule has 1 amide bonds. The van der Waals surface area contributed by atoms with Crippen LogP contribution in [0, 0.1) is 0 Å². The van der Waals surface area contributed by atoms with Gasteiger partial charge < -0.3 is 4.90 Å². The first-order valence-corrected chi connectivity index (χ1v) is 9.89. The molecule has 2 aliphatic carbocycles. The second-order valence-electron chi connectivity index (χ2n) is 8.13. The number of carbonyl (C=O) groups excluding carboxylic acids is 1. The third-order valence-electron chi connectivity index (χ3n) is 6.47. The standard InChI is InChI=1S/C24H25NO/c1-16-13-18-8-9-19(15-20(18)14-16)24(26)25-12-4-7-22-21-6-3-2-5-17(21)10-11-23(22)25/h2-3,5-6,8-9,14-15,22-23H,4,7,10-13H2,1H3/t22?,23-/m0/s1. The molecule has 2 heteroatoms. The van der Waals surface area contributed by atoms with Gasteiger partial charge in [0.2, 0.25) is 0 Å². The molecule has 2 aromatic rings. The molecular formula is C24H25NO. The van der Waals surface area contributed by atoms with Crippen LogP contribution < -0.4 is 0 Å². The summed E-state index contributed by atoms with van der Waals surface area (Å²) in [7, 11) is 0. The van der Waals surface area contributed by atoms with Gasteiger partial charge >= 0.3 is 0 Å². The number of carbonyl (C=O) groups is 1. The Morgan fingerprint density at radius 3 is 2.88 bits per heavy atom. The molecule has 3 aliphatic rings. The molecule has 2 atom stereocenters. The quantitative estimate of drug-likeness (QED) is 0.715. The highest BCUT2D eigenvalue weighted by Gasteiger charge is 2.38. The lowest BCUT2D eigenvalue weighted by Crippen LogP contribution is -2.49. The number of aryl methyl sites for hydroxylation is 1. The molecule has 0 N–H and O–H groups in total. The van der Waals surface area contributed by atoms with Crippen molar-refractivity contribution < 1.29 is 4.79 Å². The fourth-order valence-electron chi connectivity index (χ4n) is 5.26. The van der Waals surface area contributed by atoms with Gasteiger partial charge in [0.15, 0.2) is 0 Å². The van der Waals surface area contributed by atoms with E-state index in [1.54, 1.807) is 0 Å². The maximum absolute atomic E-state index is 13.4. The molecule has 1 aliphatic heterocycles. The van der Waals surface area contributed by atoms with E-state index in [0.29, 0.717) is 12.0 Å². The number of hydrogen-bond donors (Lipinski definition) is 0. The molecule has 0 aromatic heterocycles. The average molecular weight is 343 g/mol. The van der Waals surface area contributed by atoms with Gasteiger partial charge in [0, 0.05) is 24.1 Å². The van der Waals surface area contributed by atoms with Crippen molar-refractivity contribution in [3.8, 4) is 0 Å². The number of nitrogens with zero attached hydrogens (tertiary/aromatic N) is 1. The van der Waals surface area contributed by atoms with Gasteiger partial charge in [0.1, 0.15) is 0 Å². The second-order valence-corrected chi connectivity index (χ2v) is 8.13. The highest BCUT2D eigenvalue weighted by Crippen LogP contribution is 2.41. The molecule has 5 rings (SSSR count). The maximum Gasteiger partial charge on any atom is 0.254 e. The largest absolute Gasteiger partial charge is 0.335 e. The predicted molar refractivity (Wildman–Crippen MR) is 105 cm³/mol. The first-order valence-electron chi connectivity index (χ1n) is 9.89. The Morgan fingerprint density at radius 1 is 1.08 bits per heavy atom. The van der Waals surface area contributed by atoms with Crippen molar-refractivity contribution in [2.45, 2.75) is 51.0 Å². The summed E-state index contributed by atoms with van der Waals surface area (Å²) in [5.41, 5.74) is 7.79. The van der Waals surface area contributed by atoms with E-state index in [2.05, 4.69) is 54.3 Å². The van der Waals surface area contributed by atoms with E-state index < -0.39 is 0 Å². The smallest absolute Gasteiger partial charge is 0.254 e. The van der Waals surface area contributed by atoms with Gasteiger partial charge in [-0.25, -0.2) is 0 Å². The number of hydrogen-bond acceptors (Lipinski definition) is 1. The molecule has 1 unspecified atom stereocenters. The molecule has 0 radical (unpaired) electrons. The van der Waals surface area contributed by atoms with Crippen molar-refractivity contribution in [1.82, 2.24) is 4.90 Å². The lowest BCUT2D eigenvalue weighted by molar-refractivity contribution is 0.0547. The summed E-state index contributed by atoms with van der Waals surface area (Å²) in [6.45, 7) is 3.06. The fraction of sp³-hybridized carbons (Fsp3) is 0.375. The van der Waals surface area contributed by atoms with Crippen LogP contribution in [0.1, 0.15) is 64.7 Å². The fourth-order valence-corrected chi connectivity index (χ4v) is 5.26. The van der Waals surface area contributed by atoms with Crippen LogP contribution in [0.4, 0.5) is 0 Å². The third-order valence-corrected chi connectivity index (χ3v) is 6.47. The summed E-state index contributed by atoms with van der Waals surface area (Å²) in [6.07, 6.45) is 7.74. The molecule has 1 fully saturated rings. The Balaban J connectivity index is 1.45. The van der Waals surface area contributed by atoms with E-state index in [1.165, 1.54) is 34.2 Å². The van der Waals surface area contributed by atoms with Crippen LogP contribution in [-0.2, 0) is 12.8 Å². The number of likely N-dealkylation sites (tertiary alicyclic amines) is 1. The number of allylic oxidation sites excluding steroid dienone is 1. The first kappa shape index (κ1) is 15.9. The van der Waals surface area contributed by atoms with Crippen molar-refractivity contribution in [2.75, 3.05) is 6.54 Å². The topological polar surface area (TPSA) is 20.3 Å². The molecule has 132 valence electrons. The van der Waals surface area contributed by atoms with Crippen molar-refractivity contribution >= 4 is 12.0 Å². The van der Waals surface area contributed by atoms with E-state index in [0.717, 1.165) is 37.8 Å². The lowest BCUT2D eigenvalue weighted by atomic mass is 9.74. The van der Waals surface area contributed by atoms with E-state index in [4.69, 9.17) is 0 Å². The summed E-state index contributed by atoms with van der Waals surface area (Å²) in [5.74, 6) is 0.731. The summed E-state index contributed by atoms with van der Waals surface area (Å²) >= 11 is 0. The molecule has 1 heterocycles. The van der Waals surface area contributed by atoms with Crippen LogP contribution in [0.5, 0.6) is 0 Å². The van der Waals surface area contributed by atoms with Gasteiger partial charge in [-0.15, -0.1) is 0 Å². The van der Waals surface area contributed by atoms with Gasteiger partial charge in [-0.1, -0.05) is 42.0 Å². The third kappa shape index (κ3) is 2.51. The summed E-state index contributed by atoms with van der Waals surface area (Å²) in [4.78, 5) is 15.5. The van der Waals surface area contributed by atoms with Crippen LogP contribution in [0.2, 0.25) is 0 Å². The van der Waals surface area contributed by atoms with Crippen molar-refractivity contribution in [3.63, 3.8) is 0 Å². The summed E-state index contributed by atoms with van der Waals surface area (Å²) in [6, 6.07) is 15.5. The SMILES string of the molecule is CC1=Cc2cc(C(=O)N3CCCC4c5ccccc5CC[C@@H]43)ccc2C1. The zero-order valence-electron chi connectivity index (χ0n) is 15.4. The van der Waals surface area contributed by atoms with Crippen molar-refractivity contribution in [2.24, 2.45) is 0 Å². The zero-order chi connectivity index (χ0) is 17.7. The van der Waals surface area contributed by atoms with Crippen LogP contribution in [-0.4, -0.2) is 23.4 Å². The maximum atomic E-state index is 13.4. The van der Waals surface area contributed by atoms with Crippen molar-refractivity contribution in [3.05, 3.63) is 75.9 Å². The summed E-state index contributed by atoms with van der Waals surface area (Å²) in [5, 5.41) is 0. The minimum absolute atomic E-state index is 0.222. The number of rotatable bonds is 1. The van der Waals surface area contributed by atoms with E-state index in [-0.39, 0.29) is 5.91 Å². The highest BCUT2D eigenvalue weighted by molar-refractivity contribution is 5.95. The Kier molecular flexibility index (Phi) is 3.74.